The molecular formula is C16H19N3O3. The second-order valence-corrected chi connectivity index (χ2v) is 5.37. The Labute approximate surface area is 129 Å². The smallest absolute Gasteiger partial charge is 0.273 e. The Bertz CT molecular complexity index is 627. The zero-order valence-corrected chi connectivity index (χ0v) is 12.4. The number of benzene rings is 1. The highest BCUT2D eigenvalue weighted by atomic mass is 16.7. The molecule has 1 amide bonds. The predicted octanol–water partition coefficient (Wildman–Crippen LogP) is 1.54. The molecule has 0 unspecified atom stereocenters. The molecule has 1 aromatic carbocycles. The summed E-state index contributed by atoms with van der Waals surface area (Å²) in [5.41, 5.74) is 4.50. The number of hydrogen-bond acceptors (Lipinski definition) is 4. The van der Waals surface area contributed by atoms with Crippen LogP contribution in [-0.4, -0.2) is 28.4 Å². The van der Waals surface area contributed by atoms with Crippen LogP contribution in [0.15, 0.2) is 42.7 Å². The number of ether oxygens (including phenoxy) is 1. The van der Waals surface area contributed by atoms with E-state index in [0.29, 0.717) is 13.2 Å². The maximum atomic E-state index is 12.2. The van der Waals surface area contributed by atoms with Gasteiger partial charge < -0.3 is 4.74 Å². The molecule has 0 aliphatic carbocycles. The average molecular weight is 301 g/mol. The van der Waals surface area contributed by atoms with E-state index in [0.717, 1.165) is 17.5 Å². The van der Waals surface area contributed by atoms with Gasteiger partial charge in [-0.05, 0) is 17.5 Å². The minimum atomic E-state index is -0.528. The van der Waals surface area contributed by atoms with Crippen molar-refractivity contribution >= 4 is 5.91 Å². The van der Waals surface area contributed by atoms with E-state index < -0.39 is 6.10 Å². The number of aromatic nitrogens is 2. The molecule has 6 nitrogen and oxygen atoms in total. The summed E-state index contributed by atoms with van der Waals surface area (Å²) in [6.45, 7) is 0.896. The summed E-state index contributed by atoms with van der Waals surface area (Å²) in [6.07, 6.45) is 3.98. The van der Waals surface area contributed by atoms with Gasteiger partial charge in [-0.3, -0.25) is 14.3 Å². The standard InChI is InChI=1S/C16H19N3O3/c1-19-10-13(9-17-19)14-7-8-21-15(14)16(20)18-22-11-12-5-3-2-4-6-12/h2-6,9-10,14-15H,7-8,11H2,1H3,(H,18,20)/t14-,15-/m0/s1. The van der Waals surface area contributed by atoms with E-state index in [-0.39, 0.29) is 11.8 Å². The van der Waals surface area contributed by atoms with Gasteiger partial charge in [-0.2, -0.15) is 5.10 Å². The highest BCUT2D eigenvalue weighted by Gasteiger charge is 2.36. The molecule has 2 heterocycles. The Hall–Kier alpha value is -2.18. The van der Waals surface area contributed by atoms with Crippen LogP contribution in [0.1, 0.15) is 23.5 Å². The molecule has 22 heavy (non-hydrogen) atoms. The third-order valence-corrected chi connectivity index (χ3v) is 3.76. The maximum absolute atomic E-state index is 12.2. The van der Waals surface area contributed by atoms with Crippen molar-refractivity contribution in [3.05, 3.63) is 53.9 Å². The fraction of sp³-hybridized carbons (Fsp3) is 0.375. The Kier molecular flexibility index (Phi) is 4.50. The molecule has 0 saturated carbocycles. The lowest BCUT2D eigenvalue weighted by atomic mass is 9.95. The topological polar surface area (TPSA) is 65.4 Å². The zero-order valence-electron chi connectivity index (χ0n) is 12.4. The number of carbonyl (C=O) groups is 1. The molecule has 1 fully saturated rings. The van der Waals surface area contributed by atoms with E-state index in [9.17, 15) is 4.79 Å². The molecule has 116 valence electrons. The minimum Gasteiger partial charge on any atom is -0.368 e. The quantitative estimate of drug-likeness (QED) is 0.851. The molecule has 1 N–H and O–H groups in total. The van der Waals surface area contributed by atoms with Crippen molar-refractivity contribution in [2.75, 3.05) is 6.61 Å². The minimum absolute atomic E-state index is 0.0222. The molecule has 0 bridgehead atoms. The van der Waals surface area contributed by atoms with Gasteiger partial charge >= 0.3 is 0 Å². The van der Waals surface area contributed by atoms with Crippen molar-refractivity contribution in [1.82, 2.24) is 15.3 Å². The fourth-order valence-electron chi connectivity index (χ4n) is 2.64. The van der Waals surface area contributed by atoms with Crippen LogP contribution in [0.5, 0.6) is 0 Å². The van der Waals surface area contributed by atoms with E-state index in [2.05, 4.69) is 10.6 Å². The highest BCUT2D eigenvalue weighted by Crippen LogP contribution is 2.31. The molecule has 1 aliphatic rings. The van der Waals surface area contributed by atoms with Crippen molar-refractivity contribution in [1.29, 1.82) is 0 Å². The van der Waals surface area contributed by atoms with Crippen LogP contribution < -0.4 is 5.48 Å². The number of nitrogens with one attached hydrogen (secondary N) is 1. The molecule has 2 aromatic rings. The summed E-state index contributed by atoms with van der Waals surface area (Å²) in [7, 11) is 1.86. The van der Waals surface area contributed by atoms with Crippen LogP contribution in [0, 0.1) is 0 Å². The highest BCUT2D eigenvalue weighted by molar-refractivity contribution is 5.81. The number of rotatable bonds is 5. The number of carbonyl (C=O) groups excluding carboxylic acids is 1. The number of hydrogen-bond donors (Lipinski definition) is 1. The van der Waals surface area contributed by atoms with Crippen LogP contribution >= 0.6 is 0 Å². The molecular weight excluding hydrogens is 282 g/mol. The molecule has 0 radical (unpaired) electrons. The fourth-order valence-corrected chi connectivity index (χ4v) is 2.64. The third-order valence-electron chi connectivity index (χ3n) is 3.76. The van der Waals surface area contributed by atoms with E-state index in [1.807, 2.05) is 43.6 Å². The largest absolute Gasteiger partial charge is 0.368 e. The summed E-state index contributed by atoms with van der Waals surface area (Å²) in [6, 6.07) is 9.68. The van der Waals surface area contributed by atoms with Gasteiger partial charge in [0.05, 0.1) is 12.8 Å². The van der Waals surface area contributed by atoms with Gasteiger partial charge in [0.25, 0.3) is 5.91 Å². The Morgan fingerprint density at radius 2 is 2.27 bits per heavy atom. The van der Waals surface area contributed by atoms with Gasteiger partial charge in [-0.1, -0.05) is 30.3 Å². The van der Waals surface area contributed by atoms with Gasteiger partial charge in [-0.15, -0.1) is 0 Å². The molecule has 1 saturated heterocycles. The van der Waals surface area contributed by atoms with Crippen molar-refractivity contribution in [3.63, 3.8) is 0 Å². The SMILES string of the molecule is Cn1cc([C@@H]2CCO[C@@H]2C(=O)NOCc2ccccc2)cn1. The molecule has 0 spiro atoms. The number of hydroxylamine groups is 1. The number of nitrogens with zero attached hydrogens (tertiary/aromatic N) is 2. The summed E-state index contributed by atoms with van der Waals surface area (Å²) < 4.78 is 7.30. The summed E-state index contributed by atoms with van der Waals surface area (Å²) in [5, 5.41) is 4.15. The monoisotopic (exact) mass is 301 g/mol. The second-order valence-electron chi connectivity index (χ2n) is 5.37. The third kappa shape index (κ3) is 3.35. The van der Waals surface area contributed by atoms with Gasteiger partial charge in [-0.25, -0.2) is 5.48 Å². The molecule has 6 heteroatoms. The first-order valence-corrected chi connectivity index (χ1v) is 7.30. The lowest BCUT2D eigenvalue weighted by Crippen LogP contribution is -2.37. The first-order chi connectivity index (χ1) is 10.7. The van der Waals surface area contributed by atoms with Crippen molar-refractivity contribution in [2.45, 2.75) is 25.0 Å². The van der Waals surface area contributed by atoms with Crippen molar-refractivity contribution < 1.29 is 14.4 Å². The lowest BCUT2D eigenvalue weighted by Gasteiger charge is -2.16. The van der Waals surface area contributed by atoms with Crippen LogP contribution in [-0.2, 0) is 28.0 Å². The van der Waals surface area contributed by atoms with Crippen molar-refractivity contribution in [2.24, 2.45) is 7.05 Å². The van der Waals surface area contributed by atoms with E-state index in [4.69, 9.17) is 9.57 Å². The normalized spacial score (nSPS) is 21.0. The zero-order chi connectivity index (χ0) is 15.4. The summed E-state index contributed by atoms with van der Waals surface area (Å²) in [5.74, 6) is -0.226. The molecule has 1 aromatic heterocycles. The molecule has 1 aliphatic heterocycles. The second kappa shape index (κ2) is 6.72. The number of amides is 1. The number of aryl methyl sites for hydroxylation is 1. The lowest BCUT2D eigenvalue weighted by molar-refractivity contribution is -0.144. The van der Waals surface area contributed by atoms with Gasteiger partial charge in [0.15, 0.2) is 0 Å². The maximum Gasteiger partial charge on any atom is 0.273 e. The van der Waals surface area contributed by atoms with E-state index in [1.165, 1.54) is 0 Å². The average Bonchev–Trinajstić information content (AvgIpc) is 3.16. The Morgan fingerprint density at radius 1 is 1.45 bits per heavy atom. The van der Waals surface area contributed by atoms with Gasteiger partial charge in [0, 0.05) is 25.8 Å². The van der Waals surface area contributed by atoms with Crippen LogP contribution in [0.4, 0.5) is 0 Å². The van der Waals surface area contributed by atoms with Gasteiger partial charge in [0.1, 0.15) is 6.10 Å². The van der Waals surface area contributed by atoms with E-state index in [1.54, 1.807) is 10.9 Å². The van der Waals surface area contributed by atoms with Crippen molar-refractivity contribution in [3.8, 4) is 0 Å². The Morgan fingerprint density at radius 3 is 3.00 bits per heavy atom. The Balaban J connectivity index is 1.55. The van der Waals surface area contributed by atoms with Gasteiger partial charge in [0.2, 0.25) is 0 Å². The summed E-state index contributed by atoms with van der Waals surface area (Å²) >= 11 is 0. The first kappa shape index (κ1) is 14.7. The van der Waals surface area contributed by atoms with Crippen LogP contribution in [0.2, 0.25) is 0 Å². The summed E-state index contributed by atoms with van der Waals surface area (Å²) in [4.78, 5) is 17.5. The molecule has 3 rings (SSSR count). The van der Waals surface area contributed by atoms with Crippen LogP contribution in [0.25, 0.3) is 0 Å². The first-order valence-electron chi connectivity index (χ1n) is 7.30. The van der Waals surface area contributed by atoms with E-state index >= 15 is 0 Å². The van der Waals surface area contributed by atoms with Crippen LogP contribution in [0.3, 0.4) is 0 Å². The molecule has 2 atom stereocenters. The predicted molar refractivity (Wildman–Crippen MR) is 79.7 cm³/mol.